The van der Waals surface area contributed by atoms with Gasteiger partial charge in [0, 0.05) is 10.6 Å². The zero-order chi connectivity index (χ0) is 11.5. The van der Waals surface area contributed by atoms with Gasteiger partial charge in [-0.3, -0.25) is 0 Å². The van der Waals surface area contributed by atoms with Crippen LogP contribution in [0.25, 0.3) is 0 Å². The quantitative estimate of drug-likeness (QED) is 0.882. The molecule has 0 fully saturated rings. The van der Waals surface area contributed by atoms with Crippen molar-refractivity contribution in [3.8, 4) is 0 Å². The standard InChI is InChI=1S/C12H11ClN2S/c1-8-6-7-10(14)12(15-8)16-11-5-3-2-4-9(11)13/h2-7H,14H2,1H3. The maximum Gasteiger partial charge on any atom is 0.124 e. The molecular formula is C12H11ClN2S. The average Bonchev–Trinajstić information content (AvgIpc) is 2.27. The second kappa shape index (κ2) is 4.76. The van der Waals surface area contributed by atoms with Crippen LogP contribution in [0.2, 0.25) is 5.02 Å². The number of pyridine rings is 1. The molecule has 2 nitrogen and oxygen atoms in total. The molecule has 0 saturated carbocycles. The minimum Gasteiger partial charge on any atom is -0.397 e. The first-order valence-corrected chi connectivity index (χ1v) is 6.02. The molecule has 0 bridgehead atoms. The number of hydrogen-bond acceptors (Lipinski definition) is 3. The molecule has 1 heterocycles. The average molecular weight is 251 g/mol. The van der Waals surface area contributed by atoms with E-state index in [0.717, 1.165) is 20.6 Å². The summed E-state index contributed by atoms with van der Waals surface area (Å²) >= 11 is 7.56. The fourth-order valence-corrected chi connectivity index (χ4v) is 2.40. The molecule has 2 aromatic rings. The van der Waals surface area contributed by atoms with Crippen LogP contribution in [0.15, 0.2) is 46.3 Å². The van der Waals surface area contributed by atoms with Crippen molar-refractivity contribution in [2.24, 2.45) is 0 Å². The number of halogens is 1. The highest BCUT2D eigenvalue weighted by Gasteiger charge is 2.06. The molecule has 82 valence electrons. The molecule has 0 radical (unpaired) electrons. The van der Waals surface area contributed by atoms with E-state index in [1.807, 2.05) is 43.3 Å². The van der Waals surface area contributed by atoms with Crippen LogP contribution in [0.1, 0.15) is 5.69 Å². The molecule has 0 atom stereocenters. The number of nitrogen functional groups attached to an aromatic ring is 1. The number of anilines is 1. The van der Waals surface area contributed by atoms with Crippen LogP contribution in [-0.4, -0.2) is 4.98 Å². The van der Waals surface area contributed by atoms with E-state index in [-0.39, 0.29) is 0 Å². The molecule has 2 rings (SSSR count). The number of aryl methyl sites for hydroxylation is 1. The summed E-state index contributed by atoms with van der Waals surface area (Å²) in [5.41, 5.74) is 7.49. The highest BCUT2D eigenvalue weighted by atomic mass is 35.5. The molecule has 0 amide bonds. The van der Waals surface area contributed by atoms with E-state index in [9.17, 15) is 0 Å². The number of aromatic nitrogens is 1. The molecule has 0 spiro atoms. The van der Waals surface area contributed by atoms with Crippen molar-refractivity contribution in [1.82, 2.24) is 4.98 Å². The summed E-state index contributed by atoms with van der Waals surface area (Å²) in [5, 5.41) is 1.52. The summed E-state index contributed by atoms with van der Waals surface area (Å²) in [6.45, 7) is 1.94. The Balaban J connectivity index is 2.34. The van der Waals surface area contributed by atoms with Crippen molar-refractivity contribution in [2.75, 3.05) is 5.73 Å². The number of rotatable bonds is 2. The van der Waals surface area contributed by atoms with Gasteiger partial charge < -0.3 is 5.73 Å². The molecular weight excluding hydrogens is 240 g/mol. The smallest absolute Gasteiger partial charge is 0.124 e. The van der Waals surface area contributed by atoms with Gasteiger partial charge in [-0.2, -0.15) is 0 Å². The van der Waals surface area contributed by atoms with Crippen LogP contribution in [0.4, 0.5) is 5.69 Å². The first-order valence-electron chi connectivity index (χ1n) is 4.82. The van der Waals surface area contributed by atoms with Gasteiger partial charge in [-0.25, -0.2) is 4.98 Å². The minimum absolute atomic E-state index is 0.676. The lowest BCUT2D eigenvalue weighted by molar-refractivity contribution is 1.07. The third-order valence-corrected chi connectivity index (χ3v) is 3.61. The van der Waals surface area contributed by atoms with Gasteiger partial charge in [-0.15, -0.1) is 0 Å². The van der Waals surface area contributed by atoms with E-state index in [1.165, 1.54) is 11.8 Å². The largest absolute Gasteiger partial charge is 0.397 e. The van der Waals surface area contributed by atoms with Gasteiger partial charge in [0.25, 0.3) is 0 Å². The van der Waals surface area contributed by atoms with Gasteiger partial charge >= 0.3 is 0 Å². The number of nitrogens with zero attached hydrogens (tertiary/aromatic N) is 1. The van der Waals surface area contributed by atoms with Crippen LogP contribution in [0, 0.1) is 6.92 Å². The van der Waals surface area contributed by atoms with Crippen molar-refractivity contribution < 1.29 is 0 Å². The number of hydrogen-bond donors (Lipinski definition) is 1. The Hall–Kier alpha value is -1.19. The first kappa shape index (κ1) is 11.3. The second-order valence-electron chi connectivity index (χ2n) is 3.38. The maximum atomic E-state index is 6.08. The molecule has 0 aliphatic rings. The molecule has 0 unspecified atom stereocenters. The van der Waals surface area contributed by atoms with Crippen molar-refractivity contribution >= 4 is 29.1 Å². The second-order valence-corrected chi connectivity index (χ2v) is 4.82. The summed E-state index contributed by atoms with van der Waals surface area (Å²) in [6, 6.07) is 11.4. The number of nitrogens with two attached hydrogens (primary N) is 1. The summed E-state index contributed by atoms with van der Waals surface area (Å²) < 4.78 is 0. The molecule has 0 saturated heterocycles. The zero-order valence-electron chi connectivity index (χ0n) is 8.77. The Bertz CT molecular complexity index is 514. The molecule has 2 N–H and O–H groups in total. The van der Waals surface area contributed by atoms with Crippen molar-refractivity contribution in [3.05, 3.63) is 47.1 Å². The van der Waals surface area contributed by atoms with E-state index < -0.39 is 0 Å². The van der Waals surface area contributed by atoms with Gasteiger partial charge in [0.05, 0.1) is 10.7 Å². The Kier molecular flexibility index (Phi) is 3.36. The summed E-state index contributed by atoms with van der Waals surface area (Å²) in [4.78, 5) is 5.36. The Morgan fingerprint density at radius 3 is 2.69 bits per heavy atom. The number of benzene rings is 1. The van der Waals surface area contributed by atoms with Crippen LogP contribution in [0.5, 0.6) is 0 Å². The van der Waals surface area contributed by atoms with Crippen LogP contribution < -0.4 is 5.73 Å². The lowest BCUT2D eigenvalue weighted by Gasteiger charge is -2.06. The third-order valence-electron chi connectivity index (χ3n) is 2.07. The first-order chi connectivity index (χ1) is 7.66. The van der Waals surface area contributed by atoms with Crippen LogP contribution in [0.3, 0.4) is 0 Å². The van der Waals surface area contributed by atoms with E-state index in [2.05, 4.69) is 4.98 Å². The van der Waals surface area contributed by atoms with E-state index in [1.54, 1.807) is 0 Å². The van der Waals surface area contributed by atoms with Gasteiger partial charge in [-0.1, -0.05) is 35.5 Å². The van der Waals surface area contributed by atoms with Gasteiger partial charge in [0.2, 0.25) is 0 Å². The monoisotopic (exact) mass is 250 g/mol. The van der Waals surface area contributed by atoms with Crippen LogP contribution >= 0.6 is 23.4 Å². The lowest BCUT2D eigenvalue weighted by atomic mass is 10.3. The van der Waals surface area contributed by atoms with Gasteiger partial charge in [0.15, 0.2) is 0 Å². The van der Waals surface area contributed by atoms with Gasteiger partial charge in [-0.05, 0) is 31.2 Å². The Labute approximate surface area is 104 Å². The normalized spacial score (nSPS) is 10.4. The highest BCUT2D eigenvalue weighted by Crippen LogP contribution is 2.34. The van der Waals surface area contributed by atoms with Crippen molar-refractivity contribution in [1.29, 1.82) is 0 Å². The summed E-state index contributed by atoms with van der Waals surface area (Å²) in [5.74, 6) is 0. The minimum atomic E-state index is 0.676. The molecule has 16 heavy (non-hydrogen) atoms. The predicted octanol–water partition coefficient (Wildman–Crippen LogP) is 3.78. The zero-order valence-corrected chi connectivity index (χ0v) is 10.3. The van der Waals surface area contributed by atoms with Crippen molar-refractivity contribution in [3.63, 3.8) is 0 Å². The van der Waals surface area contributed by atoms with Crippen molar-refractivity contribution in [2.45, 2.75) is 16.8 Å². The molecule has 1 aromatic carbocycles. The van der Waals surface area contributed by atoms with E-state index in [4.69, 9.17) is 17.3 Å². The molecule has 1 aromatic heterocycles. The van der Waals surface area contributed by atoms with E-state index in [0.29, 0.717) is 5.69 Å². The highest BCUT2D eigenvalue weighted by molar-refractivity contribution is 7.99. The van der Waals surface area contributed by atoms with Crippen LogP contribution in [-0.2, 0) is 0 Å². The lowest BCUT2D eigenvalue weighted by Crippen LogP contribution is -1.93. The third kappa shape index (κ3) is 2.49. The summed E-state index contributed by atoms with van der Waals surface area (Å²) in [7, 11) is 0. The maximum absolute atomic E-state index is 6.08. The Morgan fingerprint density at radius 1 is 1.19 bits per heavy atom. The fourth-order valence-electron chi connectivity index (χ4n) is 1.26. The summed E-state index contributed by atoms with van der Waals surface area (Å²) in [6.07, 6.45) is 0. The predicted molar refractivity (Wildman–Crippen MR) is 69.0 cm³/mol. The SMILES string of the molecule is Cc1ccc(N)c(Sc2ccccc2Cl)n1. The molecule has 4 heteroatoms. The molecule has 0 aliphatic heterocycles. The van der Waals surface area contributed by atoms with E-state index >= 15 is 0 Å². The fraction of sp³-hybridized carbons (Fsp3) is 0.0833. The van der Waals surface area contributed by atoms with Gasteiger partial charge in [0.1, 0.15) is 5.03 Å². The topological polar surface area (TPSA) is 38.9 Å². The Morgan fingerprint density at radius 2 is 1.94 bits per heavy atom. The molecule has 0 aliphatic carbocycles.